The quantitative estimate of drug-likeness (QED) is 0.477. The number of ether oxygens (including phenoxy) is 1. The maximum atomic E-state index is 13.1. The first kappa shape index (κ1) is 21.4. The zero-order chi connectivity index (χ0) is 23.2. The van der Waals surface area contributed by atoms with E-state index in [2.05, 4.69) is 20.3 Å². The fraction of sp³-hybridized carbons (Fsp3) is 0.333. The number of aromatic nitrogens is 3. The summed E-state index contributed by atoms with van der Waals surface area (Å²) in [4.78, 5) is 25.9. The van der Waals surface area contributed by atoms with Crippen LogP contribution in [0.4, 0.5) is 11.5 Å². The highest BCUT2D eigenvalue weighted by atomic mass is 16.5. The van der Waals surface area contributed by atoms with Crippen LogP contribution in [-0.4, -0.2) is 43.2 Å². The number of hydrogen-bond donors (Lipinski definition) is 4. The van der Waals surface area contributed by atoms with Crippen molar-refractivity contribution in [1.82, 2.24) is 15.0 Å². The van der Waals surface area contributed by atoms with Gasteiger partial charge in [-0.1, -0.05) is 30.3 Å². The Hall–Kier alpha value is -3.40. The van der Waals surface area contributed by atoms with Gasteiger partial charge in [0.1, 0.15) is 5.60 Å². The highest BCUT2D eigenvalue weighted by molar-refractivity contribution is 6.06. The largest absolute Gasteiger partial charge is 0.386 e. The maximum Gasteiger partial charge on any atom is 0.278 e. The second kappa shape index (κ2) is 7.87. The predicted octanol–water partition coefficient (Wildman–Crippen LogP) is 2.45. The molecule has 1 aliphatic carbocycles. The minimum absolute atomic E-state index is 0.0222. The van der Waals surface area contributed by atoms with Crippen LogP contribution in [0.2, 0.25) is 0 Å². The van der Waals surface area contributed by atoms with Crippen molar-refractivity contribution >= 4 is 17.4 Å². The number of amides is 1. The Morgan fingerprint density at radius 2 is 1.97 bits per heavy atom. The van der Waals surface area contributed by atoms with E-state index < -0.39 is 23.2 Å². The number of nitrogen functional groups attached to an aromatic ring is 1. The first-order valence-corrected chi connectivity index (χ1v) is 10.9. The molecule has 33 heavy (non-hydrogen) atoms. The van der Waals surface area contributed by atoms with Crippen LogP contribution in [0, 0.1) is 0 Å². The van der Waals surface area contributed by atoms with Gasteiger partial charge >= 0.3 is 0 Å². The molecule has 9 nitrogen and oxygen atoms in total. The zero-order valence-electron chi connectivity index (χ0n) is 18.2. The number of rotatable bonds is 4. The minimum Gasteiger partial charge on any atom is -0.386 e. The van der Waals surface area contributed by atoms with Gasteiger partial charge in [-0.25, -0.2) is 9.97 Å². The lowest BCUT2D eigenvalue weighted by Crippen LogP contribution is -2.60. The van der Waals surface area contributed by atoms with Crippen LogP contribution in [-0.2, 0) is 4.74 Å². The molecule has 0 radical (unpaired) electrons. The number of aliphatic hydroxyl groups is 1. The number of nitrogens with zero attached hydrogens (tertiary/aromatic N) is 3. The molecule has 0 unspecified atom stereocenters. The lowest BCUT2D eigenvalue weighted by atomic mass is 9.80. The number of nitrogens with one attached hydrogen (secondary N) is 1. The maximum absolute atomic E-state index is 13.1. The van der Waals surface area contributed by atoms with Crippen molar-refractivity contribution in [2.75, 3.05) is 11.1 Å². The summed E-state index contributed by atoms with van der Waals surface area (Å²) in [7, 11) is 0. The normalized spacial score (nSPS) is 25.5. The van der Waals surface area contributed by atoms with Crippen LogP contribution in [0.25, 0.3) is 11.3 Å². The average Bonchev–Trinajstić information content (AvgIpc) is 3.60. The van der Waals surface area contributed by atoms with E-state index in [4.69, 9.17) is 16.2 Å². The van der Waals surface area contributed by atoms with Crippen LogP contribution in [0.15, 0.2) is 55.0 Å². The molecule has 1 amide bonds. The third kappa shape index (κ3) is 3.74. The standard InChI is InChI=1S/C24H26N6O3/c1-23(32)19(25)11-18(33-24(23)8-9-24)15-7-10-27-12-17(15)30-22(31)20-21(26)28-13-16(29-20)14-5-3-2-4-6-14/h2-7,10,12-13,18-19,32H,8-9,11,25H2,1H3,(H2,26,28)(H,30,31)/t18-,19+,23+/m0/s1. The monoisotopic (exact) mass is 446 g/mol. The number of anilines is 2. The molecule has 3 heterocycles. The second-order valence-corrected chi connectivity index (χ2v) is 8.86. The Morgan fingerprint density at radius 1 is 1.21 bits per heavy atom. The summed E-state index contributed by atoms with van der Waals surface area (Å²) in [6.07, 6.45) is 6.24. The van der Waals surface area contributed by atoms with E-state index in [1.165, 1.54) is 6.20 Å². The molecule has 1 spiro atoms. The fourth-order valence-electron chi connectivity index (χ4n) is 4.45. The van der Waals surface area contributed by atoms with E-state index in [1.807, 2.05) is 30.3 Å². The van der Waals surface area contributed by atoms with Crippen LogP contribution >= 0.6 is 0 Å². The first-order chi connectivity index (χ1) is 15.8. The number of nitrogens with two attached hydrogens (primary N) is 2. The number of hydrogen-bond acceptors (Lipinski definition) is 8. The minimum atomic E-state index is -1.10. The van der Waals surface area contributed by atoms with Gasteiger partial charge in [-0.15, -0.1) is 0 Å². The average molecular weight is 447 g/mol. The fourth-order valence-corrected chi connectivity index (χ4v) is 4.45. The molecule has 2 aliphatic rings. The first-order valence-electron chi connectivity index (χ1n) is 10.9. The highest BCUT2D eigenvalue weighted by Gasteiger charge is 2.64. The number of carbonyl (C=O) groups excluding carboxylic acids is 1. The molecule has 3 aromatic rings. The van der Waals surface area contributed by atoms with Crippen LogP contribution in [0.5, 0.6) is 0 Å². The number of pyridine rings is 1. The highest BCUT2D eigenvalue weighted by Crippen LogP contribution is 2.56. The van der Waals surface area contributed by atoms with Gasteiger partial charge in [0.15, 0.2) is 11.5 Å². The van der Waals surface area contributed by atoms with Crippen molar-refractivity contribution in [3.05, 3.63) is 66.2 Å². The summed E-state index contributed by atoms with van der Waals surface area (Å²) >= 11 is 0. The molecule has 3 atom stereocenters. The molecule has 2 fully saturated rings. The Morgan fingerprint density at radius 3 is 2.70 bits per heavy atom. The summed E-state index contributed by atoms with van der Waals surface area (Å²) in [6, 6.07) is 10.8. The van der Waals surface area contributed by atoms with E-state index in [-0.39, 0.29) is 17.6 Å². The molecule has 2 aromatic heterocycles. The van der Waals surface area contributed by atoms with Gasteiger partial charge in [-0.3, -0.25) is 9.78 Å². The SMILES string of the molecule is C[C@@]1(O)[C@H](N)C[C@@H](c2ccncc2NC(=O)c2nc(-c3ccccc3)cnc2N)OC12CC2. The third-order valence-corrected chi connectivity index (χ3v) is 6.72. The summed E-state index contributed by atoms with van der Waals surface area (Å²) in [5.41, 5.74) is 13.2. The number of benzene rings is 1. The van der Waals surface area contributed by atoms with E-state index in [1.54, 1.807) is 25.4 Å². The third-order valence-electron chi connectivity index (χ3n) is 6.72. The zero-order valence-corrected chi connectivity index (χ0v) is 18.2. The molecule has 1 aromatic carbocycles. The van der Waals surface area contributed by atoms with E-state index in [0.717, 1.165) is 24.0 Å². The van der Waals surface area contributed by atoms with Gasteiger partial charge in [0.05, 0.1) is 35.5 Å². The molecular weight excluding hydrogens is 420 g/mol. The molecule has 170 valence electrons. The van der Waals surface area contributed by atoms with Crippen molar-refractivity contribution in [2.24, 2.45) is 5.73 Å². The molecule has 1 saturated carbocycles. The van der Waals surface area contributed by atoms with Gasteiger partial charge in [0.2, 0.25) is 0 Å². The van der Waals surface area contributed by atoms with E-state index in [0.29, 0.717) is 17.8 Å². The Labute approximate surface area is 191 Å². The molecule has 1 saturated heterocycles. The molecular formula is C24H26N6O3. The molecule has 6 N–H and O–H groups in total. The molecule has 0 bridgehead atoms. The Bertz CT molecular complexity index is 1200. The van der Waals surface area contributed by atoms with Crippen molar-refractivity contribution < 1.29 is 14.6 Å². The lowest BCUT2D eigenvalue weighted by Gasteiger charge is -2.46. The van der Waals surface area contributed by atoms with Crippen molar-refractivity contribution in [1.29, 1.82) is 0 Å². The van der Waals surface area contributed by atoms with E-state index >= 15 is 0 Å². The number of carbonyl (C=O) groups is 1. The molecule has 5 rings (SSSR count). The molecule has 9 heteroatoms. The van der Waals surface area contributed by atoms with Crippen LogP contribution < -0.4 is 16.8 Å². The van der Waals surface area contributed by atoms with Gasteiger partial charge in [0.25, 0.3) is 5.91 Å². The van der Waals surface area contributed by atoms with Crippen molar-refractivity contribution in [2.45, 2.75) is 49.5 Å². The Balaban J connectivity index is 1.42. The van der Waals surface area contributed by atoms with Gasteiger partial charge in [-0.05, 0) is 32.3 Å². The van der Waals surface area contributed by atoms with E-state index in [9.17, 15) is 9.90 Å². The smallest absolute Gasteiger partial charge is 0.278 e. The Kier molecular flexibility index (Phi) is 5.12. The van der Waals surface area contributed by atoms with Crippen molar-refractivity contribution in [3.8, 4) is 11.3 Å². The summed E-state index contributed by atoms with van der Waals surface area (Å²) in [6.45, 7) is 1.73. The summed E-state index contributed by atoms with van der Waals surface area (Å²) in [5.74, 6) is -0.471. The predicted molar refractivity (Wildman–Crippen MR) is 123 cm³/mol. The lowest BCUT2D eigenvalue weighted by molar-refractivity contribution is -0.195. The topological polar surface area (TPSA) is 149 Å². The van der Waals surface area contributed by atoms with Crippen LogP contribution in [0.3, 0.4) is 0 Å². The van der Waals surface area contributed by atoms with Gasteiger partial charge < -0.3 is 26.6 Å². The van der Waals surface area contributed by atoms with Crippen LogP contribution in [0.1, 0.15) is 48.3 Å². The molecule has 1 aliphatic heterocycles. The summed E-state index contributed by atoms with van der Waals surface area (Å²) in [5, 5.41) is 13.7. The second-order valence-electron chi connectivity index (χ2n) is 8.86. The van der Waals surface area contributed by atoms with Crippen molar-refractivity contribution in [3.63, 3.8) is 0 Å². The van der Waals surface area contributed by atoms with Gasteiger partial charge in [-0.2, -0.15) is 0 Å². The van der Waals surface area contributed by atoms with Gasteiger partial charge in [0, 0.05) is 23.4 Å². The summed E-state index contributed by atoms with van der Waals surface area (Å²) < 4.78 is 6.32.